The largest absolute Gasteiger partial charge is 0.456 e. The van der Waals surface area contributed by atoms with Gasteiger partial charge in [0.25, 0.3) is 0 Å². The molecule has 4 aromatic heterocycles. The van der Waals surface area contributed by atoms with Crippen molar-refractivity contribution in [2.75, 3.05) is 0 Å². The van der Waals surface area contributed by atoms with Crippen LogP contribution in [0.1, 0.15) is 0 Å². The van der Waals surface area contributed by atoms with Crippen molar-refractivity contribution in [3.05, 3.63) is 170 Å². The number of nitrogens with zero attached hydrogens (tertiary/aromatic N) is 4. The zero-order valence-corrected chi connectivity index (χ0v) is 28.8. The van der Waals surface area contributed by atoms with Crippen LogP contribution >= 0.6 is 0 Å². The van der Waals surface area contributed by atoms with E-state index in [9.17, 15) is 0 Å². The molecule has 7 aromatic carbocycles. The highest BCUT2D eigenvalue weighted by Gasteiger charge is 2.21. The normalized spacial score (nSPS) is 11.7. The van der Waals surface area contributed by atoms with Crippen LogP contribution in [0.3, 0.4) is 0 Å². The van der Waals surface area contributed by atoms with Gasteiger partial charge in [0.1, 0.15) is 22.3 Å². The van der Waals surface area contributed by atoms with Crippen molar-refractivity contribution in [2.45, 2.75) is 0 Å². The molecule has 6 nitrogen and oxygen atoms in total. The molecule has 0 atom stereocenters. The van der Waals surface area contributed by atoms with Crippen LogP contribution in [0, 0.1) is 0 Å². The number of hydrogen-bond acceptors (Lipinski definition) is 6. The predicted octanol–water partition coefficient (Wildman–Crippen LogP) is 12.6. The van der Waals surface area contributed by atoms with Crippen molar-refractivity contribution in [2.24, 2.45) is 0 Å². The fraction of sp³-hybridized carbons (Fsp3) is 0. The predicted molar refractivity (Wildman–Crippen MR) is 217 cm³/mol. The van der Waals surface area contributed by atoms with E-state index in [1.807, 2.05) is 79.0 Å². The van der Waals surface area contributed by atoms with E-state index in [1.54, 1.807) is 0 Å². The molecule has 11 rings (SSSR count). The third-order valence-corrected chi connectivity index (χ3v) is 10.2. The maximum Gasteiger partial charge on any atom is 0.164 e. The quantitative estimate of drug-likeness (QED) is 0.179. The minimum Gasteiger partial charge on any atom is -0.456 e. The van der Waals surface area contributed by atoms with Gasteiger partial charge in [0.05, 0.1) is 5.69 Å². The lowest BCUT2D eigenvalue weighted by Crippen LogP contribution is -2.00. The number of rotatable bonds is 5. The molecular formula is C48H28N4O2. The first-order valence-electron chi connectivity index (χ1n) is 17.9. The summed E-state index contributed by atoms with van der Waals surface area (Å²) in [6, 6.07) is 55.6. The van der Waals surface area contributed by atoms with E-state index < -0.39 is 0 Å². The van der Waals surface area contributed by atoms with Gasteiger partial charge in [-0.3, -0.25) is 4.98 Å². The van der Waals surface area contributed by atoms with Crippen LogP contribution in [-0.2, 0) is 0 Å². The Kier molecular flexibility index (Phi) is 6.75. The van der Waals surface area contributed by atoms with E-state index >= 15 is 0 Å². The van der Waals surface area contributed by atoms with Gasteiger partial charge < -0.3 is 8.83 Å². The van der Waals surface area contributed by atoms with Crippen molar-refractivity contribution < 1.29 is 8.83 Å². The fourth-order valence-electron chi connectivity index (χ4n) is 7.56. The molecule has 0 N–H and O–H groups in total. The topological polar surface area (TPSA) is 77.8 Å². The smallest absolute Gasteiger partial charge is 0.164 e. The van der Waals surface area contributed by atoms with Crippen LogP contribution in [0.2, 0.25) is 0 Å². The van der Waals surface area contributed by atoms with Gasteiger partial charge in [-0.2, -0.15) is 0 Å². The number of aromatic nitrogens is 4. The minimum absolute atomic E-state index is 0.541. The molecule has 0 unspecified atom stereocenters. The Morgan fingerprint density at radius 3 is 1.70 bits per heavy atom. The lowest BCUT2D eigenvalue weighted by molar-refractivity contribution is 0.668. The third-order valence-electron chi connectivity index (χ3n) is 10.2. The number of para-hydroxylation sites is 1. The standard InChI is InChI=1S/C48H28N4O2/c1-2-10-29(11-3-1)31-20-23-32(24-21-31)46-50-47(36-15-8-18-41-44(36)35-14-6-7-17-40(35)53-41)52-48(51-46)37-16-9-19-42-45(37)38-28-49-39(27-43(38)54-42)34-25-22-30-12-4-5-13-33(30)26-34/h1-28H. The van der Waals surface area contributed by atoms with Gasteiger partial charge in [-0.05, 0) is 46.2 Å². The first kappa shape index (κ1) is 30.2. The van der Waals surface area contributed by atoms with E-state index in [0.717, 1.165) is 83.0 Å². The molecule has 252 valence electrons. The molecule has 0 radical (unpaired) electrons. The molecule has 0 saturated carbocycles. The highest BCUT2D eigenvalue weighted by Crippen LogP contribution is 2.40. The second-order valence-corrected chi connectivity index (χ2v) is 13.4. The summed E-state index contributed by atoms with van der Waals surface area (Å²) in [5, 5.41) is 6.13. The number of pyridine rings is 1. The van der Waals surface area contributed by atoms with E-state index in [1.165, 1.54) is 10.8 Å². The SMILES string of the molecule is c1ccc(-c2ccc(-c3nc(-c4cccc5oc6ccccc6c45)nc(-c4cccc5oc6cc(-c7ccc8ccccc8c7)ncc6c45)n3)cc2)cc1. The average Bonchev–Trinajstić information content (AvgIpc) is 3.82. The zero-order valence-electron chi connectivity index (χ0n) is 28.8. The highest BCUT2D eigenvalue weighted by atomic mass is 16.3. The lowest BCUT2D eigenvalue weighted by atomic mass is 10.0. The van der Waals surface area contributed by atoms with Gasteiger partial charge in [0.15, 0.2) is 17.5 Å². The monoisotopic (exact) mass is 692 g/mol. The molecule has 0 saturated heterocycles. The third kappa shape index (κ3) is 4.96. The van der Waals surface area contributed by atoms with Gasteiger partial charge in [0, 0.05) is 56.1 Å². The van der Waals surface area contributed by atoms with E-state index in [2.05, 4.69) is 91.0 Å². The Labute approximate surface area is 309 Å². The van der Waals surface area contributed by atoms with Crippen molar-refractivity contribution in [1.29, 1.82) is 0 Å². The van der Waals surface area contributed by atoms with Crippen molar-refractivity contribution in [1.82, 2.24) is 19.9 Å². The van der Waals surface area contributed by atoms with Crippen LogP contribution in [-0.4, -0.2) is 19.9 Å². The van der Waals surface area contributed by atoms with E-state index in [-0.39, 0.29) is 0 Å². The van der Waals surface area contributed by atoms with E-state index in [0.29, 0.717) is 17.5 Å². The Morgan fingerprint density at radius 2 is 0.926 bits per heavy atom. The molecule has 4 heterocycles. The Balaban J connectivity index is 1.10. The van der Waals surface area contributed by atoms with Crippen molar-refractivity contribution >= 4 is 54.6 Å². The maximum absolute atomic E-state index is 6.52. The molecule has 0 aliphatic rings. The van der Waals surface area contributed by atoms with Crippen molar-refractivity contribution in [3.63, 3.8) is 0 Å². The number of benzene rings is 7. The Hall–Kier alpha value is -7.44. The lowest BCUT2D eigenvalue weighted by Gasteiger charge is -2.10. The summed E-state index contributed by atoms with van der Waals surface area (Å²) in [5.74, 6) is 1.67. The summed E-state index contributed by atoms with van der Waals surface area (Å²) in [4.78, 5) is 20.4. The van der Waals surface area contributed by atoms with Gasteiger partial charge >= 0.3 is 0 Å². The molecule has 0 aliphatic carbocycles. The Morgan fingerprint density at radius 1 is 0.352 bits per heavy atom. The summed E-state index contributed by atoms with van der Waals surface area (Å²) >= 11 is 0. The van der Waals surface area contributed by atoms with Gasteiger partial charge in [-0.15, -0.1) is 0 Å². The fourth-order valence-corrected chi connectivity index (χ4v) is 7.56. The molecule has 6 heteroatoms. The summed E-state index contributed by atoms with van der Waals surface area (Å²) in [6.45, 7) is 0. The van der Waals surface area contributed by atoms with Crippen molar-refractivity contribution in [3.8, 4) is 56.5 Å². The van der Waals surface area contributed by atoms with E-state index in [4.69, 9.17) is 28.8 Å². The summed E-state index contributed by atoms with van der Waals surface area (Å²) in [6.07, 6.45) is 1.90. The average molecular weight is 693 g/mol. The van der Waals surface area contributed by atoms with Gasteiger partial charge in [0.2, 0.25) is 0 Å². The number of furan rings is 2. The second-order valence-electron chi connectivity index (χ2n) is 13.4. The minimum atomic E-state index is 0.541. The molecular weight excluding hydrogens is 665 g/mol. The summed E-state index contributed by atoms with van der Waals surface area (Å²) < 4.78 is 12.8. The van der Waals surface area contributed by atoms with Crippen LogP contribution < -0.4 is 0 Å². The molecule has 0 spiro atoms. The highest BCUT2D eigenvalue weighted by molar-refractivity contribution is 6.13. The van der Waals surface area contributed by atoms with Crippen LogP contribution in [0.15, 0.2) is 179 Å². The summed E-state index contributed by atoms with van der Waals surface area (Å²) in [7, 11) is 0. The number of fused-ring (bicyclic) bond motifs is 7. The summed E-state index contributed by atoms with van der Waals surface area (Å²) in [5.41, 5.74) is 9.81. The Bertz CT molecular complexity index is 3220. The second kappa shape index (κ2) is 12.1. The molecule has 0 aliphatic heterocycles. The number of hydrogen-bond donors (Lipinski definition) is 0. The zero-order chi connectivity index (χ0) is 35.6. The van der Waals surface area contributed by atoms with Crippen LogP contribution in [0.5, 0.6) is 0 Å². The first-order chi connectivity index (χ1) is 26.7. The molecule has 54 heavy (non-hydrogen) atoms. The van der Waals surface area contributed by atoms with Gasteiger partial charge in [-0.25, -0.2) is 15.0 Å². The van der Waals surface area contributed by atoms with Gasteiger partial charge in [-0.1, -0.05) is 133 Å². The molecule has 0 fully saturated rings. The van der Waals surface area contributed by atoms with Crippen LogP contribution in [0.25, 0.3) is 111 Å². The molecule has 11 aromatic rings. The van der Waals surface area contributed by atoms with Crippen LogP contribution in [0.4, 0.5) is 0 Å². The molecule has 0 amide bonds. The molecule has 0 bridgehead atoms. The first-order valence-corrected chi connectivity index (χ1v) is 17.9. The maximum atomic E-state index is 6.52.